The third-order valence-electron chi connectivity index (χ3n) is 2.35. The Hall–Kier alpha value is -0.470. The van der Waals surface area contributed by atoms with E-state index in [1.165, 1.54) is 12.1 Å². The summed E-state index contributed by atoms with van der Waals surface area (Å²) >= 11 is 8.68. The van der Waals surface area contributed by atoms with Crippen LogP contribution in [-0.2, 0) is 0 Å². The minimum absolute atomic E-state index is 0.281. The average Bonchev–Trinajstić information content (AvgIpc) is 2.36. The first-order chi connectivity index (χ1) is 8.97. The lowest BCUT2D eigenvalue weighted by molar-refractivity contribution is 0.102. The molecule has 98 valence electrons. The summed E-state index contributed by atoms with van der Waals surface area (Å²) in [4.78, 5) is 12.2. The van der Waals surface area contributed by atoms with Gasteiger partial charge in [-0.25, -0.2) is 4.39 Å². The summed E-state index contributed by atoms with van der Waals surface area (Å²) in [5.41, 5.74) is 0.937. The lowest BCUT2D eigenvalue weighted by Gasteiger charge is -2.09. The van der Waals surface area contributed by atoms with Crippen molar-refractivity contribution in [2.24, 2.45) is 0 Å². The van der Waals surface area contributed by atoms with Crippen molar-refractivity contribution in [3.63, 3.8) is 0 Å². The highest BCUT2D eigenvalue weighted by molar-refractivity contribution is 14.1. The summed E-state index contributed by atoms with van der Waals surface area (Å²) in [7, 11) is 0. The molecule has 0 heterocycles. The van der Waals surface area contributed by atoms with Crippen molar-refractivity contribution < 1.29 is 9.18 Å². The van der Waals surface area contributed by atoms with E-state index < -0.39 is 5.82 Å². The molecular weight excluding hydrogens is 492 g/mol. The summed E-state index contributed by atoms with van der Waals surface area (Å²) in [6.45, 7) is 0. The first-order valence-corrected chi connectivity index (χ1v) is 7.85. The van der Waals surface area contributed by atoms with Crippen LogP contribution in [0.5, 0.6) is 0 Å². The molecule has 0 radical (unpaired) electrons. The molecule has 2 rings (SSSR count). The summed E-state index contributed by atoms with van der Waals surface area (Å²) in [5.74, 6) is -0.681. The molecule has 1 N–H and O–H groups in total. The first-order valence-electron chi connectivity index (χ1n) is 5.19. The molecule has 2 nitrogen and oxygen atoms in total. The van der Waals surface area contributed by atoms with Crippen LogP contribution in [-0.4, -0.2) is 5.91 Å². The van der Waals surface area contributed by atoms with Gasteiger partial charge in [0.1, 0.15) is 5.82 Å². The maximum absolute atomic E-state index is 13.2. The van der Waals surface area contributed by atoms with Gasteiger partial charge in [0.05, 0.1) is 11.3 Å². The standard InChI is InChI=1S/C13H7Br2FINO/c14-7-1-4-11(17)9(5-7)13(19)18-12-6-8(16)2-3-10(12)15/h1-6H,(H,18,19). The van der Waals surface area contributed by atoms with Crippen molar-refractivity contribution in [3.05, 3.63) is 60.3 Å². The van der Waals surface area contributed by atoms with Crippen LogP contribution in [0.3, 0.4) is 0 Å². The second-order valence-corrected chi connectivity index (χ2v) is 6.63. The molecule has 0 aliphatic carbocycles. The highest BCUT2D eigenvalue weighted by Gasteiger charge is 2.12. The maximum Gasteiger partial charge on any atom is 0.256 e. The highest BCUT2D eigenvalue weighted by atomic mass is 127. The smallest absolute Gasteiger partial charge is 0.256 e. The molecule has 0 aliphatic heterocycles. The van der Waals surface area contributed by atoms with Crippen LogP contribution in [0, 0.1) is 9.39 Å². The summed E-state index contributed by atoms with van der Waals surface area (Å²) in [6, 6.07) is 9.56. The quantitative estimate of drug-likeness (QED) is 0.566. The van der Waals surface area contributed by atoms with E-state index in [-0.39, 0.29) is 5.91 Å². The van der Waals surface area contributed by atoms with E-state index in [1.807, 2.05) is 12.1 Å². The van der Waals surface area contributed by atoms with Gasteiger partial charge in [0.15, 0.2) is 0 Å². The van der Waals surface area contributed by atoms with Crippen molar-refractivity contribution in [1.82, 2.24) is 0 Å². The molecule has 0 saturated carbocycles. The Bertz CT molecular complexity index is 649. The molecule has 0 fully saturated rings. The van der Waals surface area contributed by atoms with Gasteiger partial charge >= 0.3 is 0 Å². The zero-order valence-corrected chi connectivity index (χ0v) is 14.7. The van der Waals surface area contributed by atoms with Gasteiger partial charge in [-0.05, 0) is 74.9 Å². The van der Waals surface area contributed by atoms with E-state index in [0.29, 0.717) is 15.7 Å². The maximum atomic E-state index is 13.2. The number of carbonyl (C=O) groups is 1. The molecule has 2 aromatic rings. The van der Waals surface area contributed by atoms with E-state index in [1.54, 1.807) is 12.1 Å². The van der Waals surface area contributed by atoms with Crippen molar-refractivity contribution in [2.75, 3.05) is 5.32 Å². The lowest BCUT2D eigenvalue weighted by Crippen LogP contribution is -2.14. The lowest BCUT2D eigenvalue weighted by atomic mass is 10.2. The predicted molar refractivity (Wildman–Crippen MR) is 88.9 cm³/mol. The molecule has 0 unspecified atom stereocenters. The Balaban J connectivity index is 2.30. The average molecular weight is 499 g/mol. The van der Waals surface area contributed by atoms with E-state index in [2.05, 4.69) is 59.8 Å². The van der Waals surface area contributed by atoms with Gasteiger partial charge in [0.2, 0.25) is 0 Å². The number of amides is 1. The predicted octanol–water partition coefficient (Wildman–Crippen LogP) is 5.21. The van der Waals surface area contributed by atoms with E-state index >= 15 is 0 Å². The van der Waals surface area contributed by atoms with Crippen molar-refractivity contribution >= 4 is 66.0 Å². The number of halogens is 4. The third kappa shape index (κ3) is 3.76. The summed E-state index contributed by atoms with van der Waals surface area (Å²) in [5, 5.41) is 2.68. The number of hydrogen-bond donors (Lipinski definition) is 1. The first kappa shape index (κ1) is 14.9. The zero-order chi connectivity index (χ0) is 14.0. The fourth-order valence-corrected chi connectivity index (χ4v) is 2.74. The highest BCUT2D eigenvalue weighted by Crippen LogP contribution is 2.25. The number of anilines is 1. The van der Waals surface area contributed by atoms with Crippen molar-refractivity contribution in [3.8, 4) is 0 Å². The molecule has 0 aromatic heterocycles. The number of hydrogen-bond acceptors (Lipinski definition) is 1. The second-order valence-electron chi connectivity index (χ2n) is 3.70. The van der Waals surface area contributed by atoms with Crippen LogP contribution >= 0.6 is 54.5 Å². The second kappa shape index (κ2) is 6.32. The minimum Gasteiger partial charge on any atom is -0.321 e. The number of benzene rings is 2. The molecule has 0 bridgehead atoms. The van der Waals surface area contributed by atoms with Gasteiger partial charge in [-0.3, -0.25) is 4.79 Å². The molecule has 19 heavy (non-hydrogen) atoms. The van der Waals surface area contributed by atoms with E-state index in [9.17, 15) is 9.18 Å². The van der Waals surface area contributed by atoms with Gasteiger partial charge in [-0.2, -0.15) is 0 Å². The Morgan fingerprint density at radius 2 is 1.89 bits per heavy atom. The minimum atomic E-state index is -0.401. The van der Waals surface area contributed by atoms with Crippen molar-refractivity contribution in [2.45, 2.75) is 0 Å². The van der Waals surface area contributed by atoms with Gasteiger partial charge in [0, 0.05) is 12.5 Å². The monoisotopic (exact) mass is 497 g/mol. The third-order valence-corrected chi connectivity index (χ3v) is 4.48. The van der Waals surface area contributed by atoms with Crippen LogP contribution < -0.4 is 5.32 Å². The summed E-state index contributed by atoms with van der Waals surface area (Å²) in [6.07, 6.45) is 0. The molecule has 0 saturated heterocycles. The van der Waals surface area contributed by atoms with Gasteiger partial charge < -0.3 is 5.32 Å². The largest absolute Gasteiger partial charge is 0.321 e. The fourth-order valence-electron chi connectivity index (χ4n) is 1.45. The Morgan fingerprint density at radius 1 is 1.16 bits per heavy atom. The Kier molecular flexibility index (Phi) is 4.97. The molecule has 6 heteroatoms. The van der Waals surface area contributed by atoms with Crippen LogP contribution in [0.1, 0.15) is 10.4 Å². The van der Waals surface area contributed by atoms with Gasteiger partial charge in [0.25, 0.3) is 5.91 Å². The fraction of sp³-hybridized carbons (Fsp3) is 0. The van der Waals surface area contributed by atoms with Gasteiger partial charge in [-0.1, -0.05) is 15.9 Å². The van der Waals surface area contributed by atoms with Crippen molar-refractivity contribution in [1.29, 1.82) is 0 Å². The van der Waals surface area contributed by atoms with Crippen LogP contribution in [0.4, 0.5) is 10.1 Å². The van der Waals surface area contributed by atoms with Crippen LogP contribution in [0.2, 0.25) is 0 Å². The molecule has 1 amide bonds. The molecule has 0 aliphatic rings. The van der Waals surface area contributed by atoms with Gasteiger partial charge in [-0.15, -0.1) is 0 Å². The zero-order valence-electron chi connectivity index (χ0n) is 9.38. The normalized spacial score (nSPS) is 10.3. The van der Waals surface area contributed by atoms with E-state index in [0.717, 1.165) is 8.04 Å². The number of rotatable bonds is 2. The topological polar surface area (TPSA) is 29.1 Å². The molecular formula is C13H7Br2FINO. The summed E-state index contributed by atoms with van der Waals surface area (Å²) < 4.78 is 15.4. The van der Waals surface area contributed by atoms with Crippen LogP contribution in [0.25, 0.3) is 0 Å². The molecule has 2 aromatic carbocycles. The SMILES string of the molecule is O=C(Nc1cc(F)ccc1Br)c1cc(Br)ccc1I. The number of carbonyl (C=O) groups excluding carboxylic acids is 1. The Labute approximate surface area is 140 Å². The van der Waals surface area contributed by atoms with E-state index in [4.69, 9.17) is 0 Å². The number of nitrogens with one attached hydrogen (secondary N) is 1. The van der Waals surface area contributed by atoms with Crippen LogP contribution in [0.15, 0.2) is 45.3 Å². The Morgan fingerprint density at radius 3 is 2.63 bits per heavy atom. The molecule has 0 spiro atoms. The molecule has 0 atom stereocenters.